The van der Waals surface area contributed by atoms with Crippen molar-refractivity contribution in [2.24, 2.45) is 5.92 Å². The number of aliphatic carboxylic acids is 1. The Morgan fingerprint density at radius 1 is 0.774 bits per heavy atom. The van der Waals surface area contributed by atoms with Gasteiger partial charge < -0.3 is 29.3 Å². The van der Waals surface area contributed by atoms with Crippen LogP contribution >= 0.6 is 0 Å². The van der Waals surface area contributed by atoms with E-state index in [1.54, 1.807) is 6.08 Å². The minimum absolute atomic E-state index is 0.0553. The number of allylic oxidation sites excluding steroid dienone is 5. The predicted octanol–water partition coefficient (Wildman–Crippen LogP) is 6.64. The molecule has 0 amide bonds. The molecule has 276 valence electrons. The van der Waals surface area contributed by atoms with Gasteiger partial charge in [0.15, 0.2) is 0 Å². The van der Waals surface area contributed by atoms with Gasteiger partial charge >= 0.3 is 23.9 Å². The van der Waals surface area contributed by atoms with Crippen LogP contribution in [0.2, 0.25) is 0 Å². The maximum Gasteiger partial charge on any atom is 0.334 e. The van der Waals surface area contributed by atoms with Crippen molar-refractivity contribution in [1.29, 1.82) is 0 Å². The molecule has 3 aromatic rings. The summed E-state index contributed by atoms with van der Waals surface area (Å²) in [5.41, 5.74) is 10.8. The summed E-state index contributed by atoms with van der Waals surface area (Å²) in [5.74, 6) is -3.60. The fourth-order valence-corrected chi connectivity index (χ4v) is 7.91. The van der Waals surface area contributed by atoms with Gasteiger partial charge in [0.25, 0.3) is 0 Å². The van der Waals surface area contributed by atoms with Crippen LogP contribution in [-0.4, -0.2) is 70.2 Å². The standard InChI is InChI=1S/C41H44N4O8/c1-9-23-20(2)29-17-34-27-13-10-26(39(49)52-7)38(40(50)53-8)41(27,5)35(45-34)19-30-22(4)25(12-15-37(48)51-6)33(44-30)18-32-24(11-14-36(46)47)21(3)28(43-32)16-31(23)42-29/h10,13,16-19,38,43-44H,9,11-12,14-15H2,1-8H3,(H,46,47)/t38-,41+/m0/s1. The molecule has 2 atom stereocenters. The first kappa shape index (κ1) is 37.0. The highest BCUT2D eigenvalue weighted by Gasteiger charge is 2.53. The maximum atomic E-state index is 13.7. The Morgan fingerprint density at radius 2 is 1.42 bits per heavy atom. The van der Waals surface area contributed by atoms with Crippen LogP contribution in [0.5, 0.6) is 0 Å². The van der Waals surface area contributed by atoms with E-state index >= 15 is 0 Å². The predicted molar refractivity (Wildman–Crippen MR) is 200 cm³/mol. The minimum Gasteiger partial charge on any atom is -0.481 e. The molecular weight excluding hydrogens is 676 g/mol. The number of carboxylic acids is 1. The van der Waals surface area contributed by atoms with Crippen LogP contribution in [0.3, 0.4) is 0 Å². The molecule has 12 heteroatoms. The lowest BCUT2D eigenvalue weighted by molar-refractivity contribution is -0.149. The number of aryl methyl sites for hydroxylation is 4. The molecule has 53 heavy (non-hydrogen) atoms. The summed E-state index contributed by atoms with van der Waals surface area (Å²) in [5, 5.41) is 9.62. The van der Waals surface area contributed by atoms with Crippen molar-refractivity contribution in [2.45, 2.75) is 72.1 Å². The number of H-pyrrole nitrogens is 2. The number of carboxylic acid groups (broad SMARTS) is 1. The summed E-state index contributed by atoms with van der Waals surface area (Å²) in [4.78, 5) is 68.3. The third-order valence-electron chi connectivity index (χ3n) is 10.9. The molecule has 2 aliphatic heterocycles. The SMILES string of the molecule is CCC1=C(C)c2cc3nc(cc4[nH]c(cc5[nH]c(cc1n2)c(C)c5CCC(=O)O)c(CCC(=O)OC)c4C)[C@@]1(C)C3=CC=C(C(=O)OC)[C@H]1C(=O)OC. The number of aromatic amines is 2. The van der Waals surface area contributed by atoms with Crippen molar-refractivity contribution in [2.75, 3.05) is 21.3 Å². The number of hydrogen-bond donors (Lipinski definition) is 3. The van der Waals surface area contributed by atoms with Crippen LogP contribution < -0.4 is 0 Å². The number of fused-ring (bicyclic) bond motifs is 11. The van der Waals surface area contributed by atoms with E-state index in [1.807, 2.05) is 58.0 Å². The minimum atomic E-state index is -1.16. The van der Waals surface area contributed by atoms with Crippen LogP contribution in [0.1, 0.15) is 85.1 Å². The molecule has 0 unspecified atom stereocenters. The number of nitrogens with zero attached hydrogens (tertiary/aromatic N) is 2. The lowest BCUT2D eigenvalue weighted by Gasteiger charge is -2.36. The lowest BCUT2D eigenvalue weighted by atomic mass is 9.64. The number of carbonyl (C=O) groups excluding carboxylic acids is 3. The number of carbonyl (C=O) groups is 4. The largest absolute Gasteiger partial charge is 0.481 e. The number of nitrogens with one attached hydrogen (secondary N) is 2. The fraction of sp³-hybridized carbons (Fsp3) is 0.366. The molecule has 12 nitrogen and oxygen atoms in total. The molecule has 3 aromatic heterocycles. The van der Waals surface area contributed by atoms with E-state index < -0.39 is 29.2 Å². The highest BCUT2D eigenvalue weighted by molar-refractivity contribution is 6.02. The first-order valence-electron chi connectivity index (χ1n) is 17.6. The highest BCUT2D eigenvalue weighted by atomic mass is 16.5. The van der Waals surface area contributed by atoms with Gasteiger partial charge in [-0.2, -0.15) is 0 Å². The van der Waals surface area contributed by atoms with E-state index in [2.05, 4.69) is 16.9 Å². The average Bonchev–Trinajstić information content (AvgIpc) is 3.79. The summed E-state index contributed by atoms with van der Waals surface area (Å²) in [7, 11) is 3.91. The van der Waals surface area contributed by atoms with Crippen LogP contribution in [0.15, 0.2) is 42.0 Å². The van der Waals surface area contributed by atoms with Crippen molar-refractivity contribution < 1.29 is 38.5 Å². The van der Waals surface area contributed by atoms with E-state index in [1.165, 1.54) is 21.3 Å². The third-order valence-corrected chi connectivity index (χ3v) is 10.9. The van der Waals surface area contributed by atoms with Gasteiger partial charge in [0.05, 0.1) is 55.1 Å². The van der Waals surface area contributed by atoms with Crippen LogP contribution in [0.25, 0.3) is 38.8 Å². The summed E-state index contributed by atoms with van der Waals surface area (Å²) in [6.45, 7) is 9.89. The number of esters is 3. The Hall–Kier alpha value is -5.78. The number of ether oxygens (including phenoxy) is 3. The van der Waals surface area contributed by atoms with Gasteiger partial charge in [-0.1, -0.05) is 19.1 Å². The Labute approximate surface area is 307 Å². The van der Waals surface area contributed by atoms with E-state index in [0.29, 0.717) is 47.4 Å². The Kier molecular flexibility index (Phi) is 10.0. The van der Waals surface area contributed by atoms with E-state index in [9.17, 15) is 24.3 Å². The van der Waals surface area contributed by atoms with Crippen molar-refractivity contribution in [3.8, 4) is 0 Å². The molecule has 8 bridgehead atoms. The first-order valence-corrected chi connectivity index (χ1v) is 17.6. The molecule has 0 radical (unpaired) electrons. The number of rotatable bonds is 9. The van der Waals surface area contributed by atoms with E-state index in [4.69, 9.17) is 24.2 Å². The molecular formula is C41H44N4O8. The Balaban J connectivity index is 1.78. The topological polar surface area (TPSA) is 174 Å². The number of hydrogen-bond acceptors (Lipinski definition) is 9. The van der Waals surface area contributed by atoms with Crippen LogP contribution in [0, 0.1) is 19.8 Å². The molecule has 0 saturated heterocycles. The molecule has 5 heterocycles. The zero-order valence-electron chi connectivity index (χ0n) is 31.3. The van der Waals surface area contributed by atoms with Gasteiger partial charge in [0.2, 0.25) is 0 Å². The van der Waals surface area contributed by atoms with Gasteiger partial charge in [-0.15, -0.1) is 0 Å². The molecule has 1 aliphatic carbocycles. The number of aromatic nitrogens is 4. The third kappa shape index (κ3) is 6.36. The van der Waals surface area contributed by atoms with Gasteiger partial charge in [0.1, 0.15) is 5.92 Å². The van der Waals surface area contributed by atoms with Gasteiger partial charge in [-0.05, 0) is 110 Å². The quantitative estimate of drug-likeness (QED) is 0.161. The smallest absolute Gasteiger partial charge is 0.334 e. The summed E-state index contributed by atoms with van der Waals surface area (Å²) in [6.07, 6.45) is 4.86. The Morgan fingerprint density at radius 3 is 2.00 bits per heavy atom. The van der Waals surface area contributed by atoms with E-state index in [0.717, 1.165) is 55.7 Å². The van der Waals surface area contributed by atoms with Crippen molar-refractivity contribution in [3.63, 3.8) is 0 Å². The second-order valence-corrected chi connectivity index (χ2v) is 13.7. The molecule has 0 saturated carbocycles. The lowest BCUT2D eigenvalue weighted by Crippen LogP contribution is -2.42. The van der Waals surface area contributed by atoms with Crippen LogP contribution in [0.4, 0.5) is 0 Å². The van der Waals surface area contributed by atoms with Crippen LogP contribution in [-0.2, 0) is 51.6 Å². The number of methoxy groups -OCH3 is 3. The summed E-state index contributed by atoms with van der Waals surface area (Å²) in [6, 6.07) is 7.75. The fourth-order valence-electron chi connectivity index (χ4n) is 7.91. The highest BCUT2D eigenvalue weighted by Crippen LogP contribution is 2.52. The molecule has 0 fully saturated rings. The summed E-state index contributed by atoms with van der Waals surface area (Å²) >= 11 is 0. The van der Waals surface area contributed by atoms with Crippen molar-refractivity contribution in [1.82, 2.24) is 19.9 Å². The molecule has 3 aliphatic rings. The second-order valence-electron chi connectivity index (χ2n) is 13.7. The van der Waals surface area contributed by atoms with Crippen molar-refractivity contribution >= 4 is 62.7 Å². The maximum absolute atomic E-state index is 13.7. The van der Waals surface area contributed by atoms with Gasteiger partial charge in [-0.25, -0.2) is 9.78 Å². The van der Waals surface area contributed by atoms with Crippen molar-refractivity contribution in [3.05, 3.63) is 87.0 Å². The molecule has 0 aromatic carbocycles. The zero-order chi connectivity index (χ0) is 38.4. The Bertz CT molecular complexity index is 2340. The van der Waals surface area contributed by atoms with Gasteiger partial charge in [0, 0.05) is 34.9 Å². The monoisotopic (exact) mass is 720 g/mol. The zero-order valence-corrected chi connectivity index (χ0v) is 31.3. The summed E-state index contributed by atoms with van der Waals surface area (Å²) < 4.78 is 15.4. The molecule has 0 spiro atoms. The average molecular weight is 721 g/mol. The van der Waals surface area contributed by atoms with E-state index in [-0.39, 0.29) is 24.4 Å². The molecule has 6 rings (SSSR count). The normalized spacial score (nSPS) is 17.8. The second kappa shape index (κ2) is 14.3. The molecule has 3 N–H and O–H groups in total. The first-order chi connectivity index (χ1) is 25.3. The van der Waals surface area contributed by atoms with Gasteiger partial charge in [-0.3, -0.25) is 19.4 Å².